The molecule has 1 N–H and O–H groups in total. The Bertz CT molecular complexity index is 996. The quantitative estimate of drug-likeness (QED) is 0.295. The van der Waals surface area contributed by atoms with Crippen LogP contribution in [-0.2, 0) is 19.6 Å². The summed E-state index contributed by atoms with van der Waals surface area (Å²) in [5.41, 5.74) is 3.14. The van der Waals surface area contributed by atoms with Gasteiger partial charge in [-0.2, -0.15) is 0 Å². The van der Waals surface area contributed by atoms with Crippen LogP contribution in [0.4, 0.5) is 0 Å². The van der Waals surface area contributed by atoms with Gasteiger partial charge in [-0.25, -0.2) is 0 Å². The highest BCUT2D eigenvalue weighted by atomic mass is 79.9. The molecule has 0 saturated heterocycles. The lowest BCUT2D eigenvalue weighted by Gasteiger charge is -2.17. The van der Waals surface area contributed by atoms with Crippen LogP contribution in [0.2, 0.25) is 15.1 Å². The van der Waals surface area contributed by atoms with Crippen LogP contribution in [-0.4, -0.2) is 13.7 Å². The van der Waals surface area contributed by atoms with Gasteiger partial charge in [-0.1, -0.05) is 68.9 Å². The summed E-state index contributed by atoms with van der Waals surface area (Å²) in [6.45, 7) is 1.79. The first kappa shape index (κ1) is 23.2. The van der Waals surface area contributed by atoms with Crippen LogP contribution in [0.5, 0.6) is 11.5 Å². The van der Waals surface area contributed by atoms with Gasteiger partial charge in [-0.05, 0) is 60.5 Å². The molecule has 0 spiro atoms. The highest BCUT2D eigenvalue weighted by Crippen LogP contribution is 2.37. The van der Waals surface area contributed by atoms with E-state index in [1.54, 1.807) is 19.2 Å². The van der Waals surface area contributed by atoms with Crippen LogP contribution in [0.1, 0.15) is 16.7 Å². The molecule has 30 heavy (non-hydrogen) atoms. The number of hydrogen-bond acceptors (Lipinski definition) is 3. The molecule has 0 bridgehead atoms. The van der Waals surface area contributed by atoms with Crippen LogP contribution in [0, 0.1) is 0 Å². The van der Waals surface area contributed by atoms with Crippen molar-refractivity contribution in [1.82, 2.24) is 5.32 Å². The zero-order valence-corrected chi connectivity index (χ0v) is 20.2. The van der Waals surface area contributed by atoms with Gasteiger partial charge >= 0.3 is 0 Å². The second-order valence-corrected chi connectivity index (χ2v) is 8.75. The van der Waals surface area contributed by atoms with Crippen molar-refractivity contribution < 1.29 is 9.47 Å². The fourth-order valence-electron chi connectivity index (χ4n) is 2.95. The molecule has 0 fully saturated rings. The summed E-state index contributed by atoms with van der Waals surface area (Å²) >= 11 is 21.7. The number of rotatable bonds is 9. The molecule has 0 radical (unpaired) electrons. The molecule has 0 aromatic heterocycles. The number of nitrogens with one attached hydrogen (secondary N) is 1. The van der Waals surface area contributed by atoms with Crippen LogP contribution in [0.15, 0.2) is 59.1 Å². The van der Waals surface area contributed by atoms with E-state index in [-0.39, 0.29) is 0 Å². The van der Waals surface area contributed by atoms with Crippen LogP contribution >= 0.6 is 50.7 Å². The molecule has 0 unspecified atom stereocenters. The summed E-state index contributed by atoms with van der Waals surface area (Å²) in [7, 11) is 1.63. The molecule has 3 rings (SSSR count). The van der Waals surface area contributed by atoms with Gasteiger partial charge in [0.2, 0.25) is 0 Å². The van der Waals surface area contributed by atoms with E-state index in [0.717, 1.165) is 33.6 Å². The van der Waals surface area contributed by atoms with Crippen molar-refractivity contribution in [2.45, 2.75) is 19.6 Å². The number of halogens is 4. The molecular formula is C23H21BrCl3NO2. The summed E-state index contributed by atoms with van der Waals surface area (Å²) in [6, 6.07) is 17.2. The topological polar surface area (TPSA) is 30.5 Å². The van der Waals surface area contributed by atoms with Crippen LogP contribution in [0.25, 0.3) is 0 Å². The van der Waals surface area contributed by atoms with Gasteiger partial charge in [0.05, 0.1) is 17.2 Å². The lowest BCUT2D eigenvalue weighted by molar-refractivity contribution is 0.280. The van der Waals surface area contributed by atoms with Crippen molar-refractivity contribution in [3.05, 3.63) is 90.8 Å². The van der Waals surface area contributed by atoms with E-state index in [9.17, 15) is 0 Å². The molecule has 158 valence electrons. The van der Waals surface area contributed by atoms with E-state index in [4.69, 9.17) is 44.3 Å². The first-order chi connectivity index (χ1) is 14.5. The molecule has 3 aromatic rings. The van der Waals surface area contributed by atoms with Crippen molar-refractivity contribution in [3.63, 3.8) is 0 Å². The highest BCUT2D eigenvalue weighted by Gasteiger charge is 2.15. The second-order valence-electron chi connectivity index (χ2n) is 6.65. The zero-order chi connectivity index (χ0) is 21.5. The third-order valence-corrected chi connectivity index (χ3v) is 6.29. The minimum atomic E-state index is 0.349. The standard InChI is InChI=1S/C23H21BrCl3NO2/c1-29-22-9-7-19(24)18(13-28-11-10-15-2-5-17(25)6-3-15)23(22)30-14-16-4-8-20(26)21(27)12-16/h2-9,12,28H,10-11,13-14H2,1H3. The molecule has 0 aliphatic carbocycles. The average molecular weight is 530 g/mol. The number of methoxy groups -OCH3 is 1. The van der Waals surface area contributed by atoms with E-state index in [1.807, 2.05) is 42.5 Å². The Kier molecular flexibility index (Phi) is 8.72. The first-order valence-electron chi connectivity index (χ1n) is 9.35. The normalized spacial score (nSPS) is 10.8. The third-order valence-electron chi connectivity index (χ3n) is 4.56. The summed E-state index contributed by atoms with van der Waals surface area (Å²) < 4.78 is 12.6. The average Bonchev–Trinajstić information content (AvgIpc) is 2.74. The second kappa shape index (κ2) is 11.3. The van der Waals surface area contributed by atoms with Gasteiger partial charge in [0.25, 0.3) is 0 Å². The SMILES string of the molecule is COc1ccc(Br)c(CNCCc2ccc(Cl)cc2)c1OCc1ccc(Cl)c(Cl)c1. The monoisotopic (exact) mass is 527 g/mol. The molecule has 0 heterocycles. The Morgan fingerprint density at radius 2 is 1.63 bits per heavy atom. The van der Waals surface area contributed by atoms with Gasteiger partial charge in [0.15, 0.2) is 11.5 Å². The smallest absolute Gasteiger partial charge is 0.167 e. The molecule has 0 amide bonds. The van der Waals surface area contributed by atoms with Crippen molar-refractivity contribution in [2.75, 3.05) is 13.7 Å². The van der Waals surface area contributed by atoms with Gasteiger partial charge in [0, 0.05) is 21.6 Å². The highest BCUT2D eigenvalue weighted by molar-refractivity contribution is 9.10. The van der Waals surface area contributed by atoms with E-state index >= 15 is 0 Å². The zero-order valence-electron chi connectivity index (χ0n) is 16.4. The molecule has 0 aliphatic heterocycles. The van der Waals surface area contributed by atoms with Crippen molar-refractivity contribution in [3.8, 4) is 11.5 Å². The number of hydrogen-bond donors (Lipinski definition) is 1. The van der Waals surface area contributed by atoms with Crippen molar-refractivity contribution in [1.29, 1.82) is 0 Å². The fourth-order valence-corrected chi connectivity index (χ4v) is 3.85. The number of ether oxygens (including phenoxy) is 2. The lowest BCUT2D eigenvalue weighted by Crippen LogP contribution is -2.18. The van der Waals surface area contributed by atoms with Gasteiger partial charge in [-0.3, -0.25) is 0 Å². The molecule has 3 nitrogen and oxygen atoms in total. The Hall–Kier alpha value is -1.43. The van der Waals surface area contributed by atoms with E-state index in [0.29, 0.717) is 34.7 Å². The van der Waals surface area contributed by atoms with E-state index < -0.39 is 0 Å². The molecular weight excluding hydrogens is 509 g/mol. The largest absolute Gasteiger partial charge is 0.493 e. The molecule has 0 saturated carbocycles. The minimum Gasteiger partial charge on any atom is -0.493 e. The third kappa shape index (κ3) is 6.29. The first-order valence-corrected chi connectivity index (χ1v) is 11.3. The maximum Gasteiger partial charge on any atom is 0.167 e. The van der Waals surface area contributed by atoms with Gasteiger partial charge < -0.3 is 14.8 Å². The molecule has 3 aromatic carbocycles. The van der Waals surface area contributed by atoms with Crippen LogP contribution < -0.4 is 14.8 Å². The predicted molar refractivity (Wildman–Crippen MR) is 128 cm³/mol. The van der Waals surface area contributed by atoms with Crippen LogP contribution in [0.3, 0.4) is 0 Å². The summed E-state index contributed by atoms with van der Waals surface area (Å²) in [5.74, 6) is 1.37. The van der Waals surface area contributed by atoms with Crippen molar-refractivity contribution in [2.24, 2.45) is 0 Å². The maximum absolute atomic E-state index is 6.14. The Balaban J connectivity index is 1.68. The summed E-state index contributed by atoms with van der Waals surface area (Å²) in [4.78, 5) is 0. The Morgan fingerprint density at radius 1 is 0.900 bits per heavy atom. The molecule has 0 aliphatic rings. The predicted octanol–water partition coefficient (Wildman–Crippen LogP) is 7.33. The summed E-state index contributed by atoms with van der Waals surface area (Å²) in [6.07, 6.45) is 0.901. The Labute approximate surface area is 200 Å². The van der Waals surface area contributed by atoms with Gasteiger partial charge in [0.1, 0.15) is 6.61 Å². The minimum absolute atomic E-state index is 0.349. The Morgan fingerprint density at radius 3 is 2.33 bits per heavy atom. The molecule has 7 heteroatoms. The maximum atomic E-state index is 6.14. The van der Waals surface area contributed by atoms with E-state index in [2.05, 4.69) is 21.2 Å². The van der Waals surface area contributed by atoms with Crippen molar-refractivity contribution >= 4 is 50.7 Å². The fraction of sp³-hybridized carbons (Fsp3) is 0.217. The van der Waals surface area contributed by atoms with E-state index in [1.165, 1.54) is 5.56 Å². The summed E-state index contributed by atoms with van der Waals surface area (Å²) in [5, 5.41) is 5.24. The number of benzene rings is 3. The van der Waals surface area contributed by atoms with Gasteiger partial charge in [-0.15, -0.1) is 0 Å². The molecule has 0 atom stereocenters. The lowest BCUT2D eigenvalue weighted by atomic mass is 10.1.